The first-order valence-corrected chi connectivity index (χ1v) is 7.52. The van der Waals surface area contributed by atoms with Crippen molar-refractivity contribution in [3.05, 3.63) is 60.8 Å². The molecule has 1 aromatic carbocycles. The Kier molecular flexibility index (Phi) is 3.48. The zero-order chi connectivity index (χ0) is 15.5. The van der Waals surface area contributed by atoms with Crippen LogP contribution in [-0.2, 0) is 6.42 Å². The number of hydrogen-bond acceptors (Lipinski definition) is 4. The number of rotatable bonds is 5. The lowest BCUT2D eigenvalue weighted by Gasteiger charge is -2.08. The average Bonchev–Trinajstić information content (AvgIpc) is 3.26. The molecule has 6 nitrogen and oxygen atoms in total. The van der Waals surface area contributed by atoms with Crippen LogP contribution >= 0.6 is 0 Å². The van der Waals surface area contributed by atoms with E-state index in [1.165, 1.54) is 0 Å². The molecular weight excluding hydrogens is 288 g/mol. The van der Waals surface area contributed by atoms with Gasteiger partial charge in [-0.1, -0.05) is 30.3 Å². The van der Waals surface area contributed by atoms with Gasteiger partial charge < -0.3 is 15.3 Å². The predicted molar refractivity (Wildman–Crippen MR) is 90.1 cm³/mol. The normalized spacial score (nSPS) is 11.0. The summed E-state index contributed by atoms with van der Waals surface area (Å²) in [5.41, 5.74) is 2.93. The summed E-state index contributed by atoms with van der Waals surface area (Å²) in [5, 5.41) is 4.40. The number of hydrogen-bond donors (Lipinski definition) is 3. The van der Waals surface area contributed by atoms with Gasteiger partial charge in [-0.2, -0.15) is 0 Å². The van der Waals surface area contributed by atoms with Crippen LogP contribution in [0.3, 0.4) is 0 Å². The van der Waals surface area contributed by atoms with Gasteiger partial charge in [-0.05, 0) is 6.07 Å². The first-order valence-electron chi connectivity index (χ1n) is 7.52. The van der Waals surface area contributed by atoms with Gasteiger partial charge in [0, 0.05) is 36.6 Å². The summed E-state index contributed by atoms with van der Waals surface area (Å²) in [7, 11) is 0. The molecule has 0 bridgehead atoms. The molecule has 6 heteroatoms. The summed E-state index contributed by atoms with van der Waals surface area (Å²) >= 11 is 0. The molecule has 3 N–H and O–H groups in total. The maximum Gasteiger partial charge on any atom is 0.163 e. The van der Waals surface area contributed by atoms with Crippen molar-refractivity contribution in [1.29, 1.82) is 0 Å². The number of nitrogens with zero attached hydrogens (tertiary/aromatic N) is 3. The molecule has 3 heterocycles. The van der Waals surface area contributed by atoms with E-state index in [0.717, 1.165) is 41.1 Å². The Bertz CT molecular complexity index is 895. The largest absolute Gasteiger partial charge is 0.369 e. The van der Waals surface area contributed by atoms with Crippen molar-refractivity contribution in [3.8, 4) is 11.4 Å². The molecule has 0 aliphatic carbocycles. The van der Waals surface area contributed by atoms with E-state index in [2.05, 4.69) is 25.3 Å². The van der Waals surface area contributed by atoms with Crippen molar-refractivity contribution >= 4 is 16.9 Å². The number of anilines is 1. The van der Waals surface area contributed by atoms with Crippen LogP contribution in [0.5, 0.6) is 0 Å². The molecule has 0 unspecified atom stereocenters. The minimum atomic E-state index is 0.713. The molecule has 0 amide bonds. The first kappa shape index (κ1) is 13.5. The van der Waals surface area contributed by atoms with Gasteiger partial charge in [-0.25, -0.2) is 15.0 Å². The fraction of sp³-hybridized carbons (Fsp3) is 0.118. The lowest BCUT2D eigenvalue weighted by Crippen LogP contribution is -2.08. The highest BCUT2D eigenvalue weighted by Gasteiger charge is 2.10. The predicted octanol–water partition coefficient (Wildman–Crippen LogP) is 3.00. The molecule has 0 aliphatic rings. The molecule has 0 spiro atoms. The highest BCUT2D eigenvalue weighted by Crippen LogP contribution is 2.24. The fourth-order valence-electron chi connectivity index (χ4n) is 2.53. The number of aromatic amines is 2. The van der Waals surface area contributed by atoms with Gasteiger partial charge in [-0.3, -0.25) is 0 Å². The Morgan fingerprint density at radius 3 is 2.74 bits per heavy atom. The van der Waals surface area contributed by atoms with E-state index in [-0.39, 0.29) is 0 Å². The van der Waals surface area contributed by atoms with Crippen molar-refractivity contribution in [2.24, 2.45) is 0 Å². The van der Waals surface area contributed by atoms with E-state index >= 15 is 0 Å². The van der Waals surface area contributed by atoms with Crippen molar-refractivity contribution in [1.82, 2.24) is 24.9 Å². The van der Waals surface area contributed by atoms with Crippen molar-refractivity contribution in [3.63, 3.8) is 0 Å². The molecule has 3 aromatic heterocycles. The lowest BCUT2D eigenvalue weighted by molar-refractivity contribution is 0.969. The van der Waals surface area contributed by atoms with E-state index in [9.17, 15) is 0 Å². The maximum absolute atomic E-state index is 4.69. The number of nitrogens with one attached hydrogen (secondary N) is 3. The summed E-state index contributed by atoms with van der Waals surface area (Å²) in [5.74, 6) is 1.55. The second-order valence-electron chi connectivity index (χ2n) is 5.26. The Hall–Kier alpha value is -3.15. The van der Waals surface area contributed by atoms with Crippen LogP contribution in [0.2, 0.25) is 0 Å². The third-order valence-electron chi connectivity index (χ3n) is 3.69. The van der Waals surface area contributed by atoms with Crippen LogP contribution in [-0.4, -0.2) is 31.5 Å². The van der Waals surface area contributed by atoms with Crippen LogP contribution in [0.1, 0.15) is 5.69 Å². The van der Waals surface area contributed by atoms with Gasteiger partial charge in [0.25, 0.3) is 0 Å². The molecule has 0 atom stereocenters. The number of benzene rings is 1. The molecule has 0 radical (unpaired) electrons. The number of imidazole rings is 1. The summed E-state index contributed by atoms with van der Waals surface area (Å²) < 4.78 is 0. The second kappa shape index (κ2) is 5.92. The zero-order valence-corrected chi connectivity index (χ0v) is 12.5. The van der Waals surface area contributed by atoms with Gasteiger partial charge in [0.15, 0.2) is 5.82 Å². The topological polar surface area (TPSA) is 82.3 Å². The quantitative estimate of drug-likeness (QED) is 0.529. The van der Waals surface area contributed by atoms with Gasteiger partial charge in [0.2, 0.25) is 0 Å². The van der Waals surface area contributed by atoms with Crippen LogP contribution in [0.15, 0.2) is 55.1 Å². The van der Waals surface area contributed by atoms with Gasteiger partial charge in [-0.15, -0.1) is 0 Å². The zero-order valence-electron chi connectivity index (χ0n) is 12.5. The van der Waals surface area contributed by atoms with Crippen LogP contribution in [0.4, 0.5) is 5.82 Å². The van der Waals surface area contributed by atoms with Gasteiger partial charge in [0.05, 0.1) is 11.7 Å². The first-order chi connectivity index (χ1) is 11.4. The molecular formula is C17H16N6. The van der Waals surface area contributed by atoms with Crippen molar-refractivity contribution in [2.45, 2.75) is 6.42 Å². The Labute approximate surface area is 133 Å². The molecule has 0 saturated heterocycles. The second-order valence-corrected chi connectivity index (χ2v) is 5.26. The molecule has 23 heavy (non-hydrogen) atoms. The summed E-state index contributed by atoms with van der Waals surface area (Å²) in [6.07, 6.45) is 6.27. The third kappa shape index (κ3) is 2.78. The van der Waals surface area contributed by atoms with Gasteiger partial charge >= 0.3 is 0 Å². The minimum Gasteiger partial charge on any atom is -0.369 e. The fourth-order valence-corrected chi connectivity index (χ4v) is 2.53. The van der Waals surface area contributed by atoms with E-state index in [1.807, 2.05) is 48.8 Å². The molecule has 4 aromatic rings. The highest BCUT2D eigenvalue weighted by molar-refractivity contribution is 5.88. The Balaban J connectivity index is 1.63. The Morgan fingerprint density at radius 2 is 1.91 bits per heavy atom. The standard InChI is InChI=1S/C17H16N6/c1-2-4-12(5-3-1)15-22-16(14-7-9-20-17(14)23-15)19-8-6-13-10-18-11-21-13/h1-5,7,9-11H,6,8H2,(H,18,21)(H2,19,20,22,23). The lowest BCUT2D eigenvalue weighted by atomic mass is 10.2. The van der Waals surface area contributed by atoms with E-state index in [1.54, 1.807) is 6.33 Å². The van der Waals surface area contributed by atoms with Crippen LogP contribution in [0, 0.1) is 0 Å². The van der Waals surface area contributed by atoms with E-state index in [0.29, 0.717) is 5.82 Å². The van der Waals surface area contributed by atoms with E-state index < -0.39 is 0 Å². The molecule has 0 fully saturated rings. The van der Waals surface area contributed by atoms with E-state index in [4.69, 9.17) is 4.98 Å². The van der Waals surface area contributed by atoms with Gasteiger partial charge in [0.1, 0.15) is 11.5 Å². The smallest absolute Gasteiger partial charge is 0.163 e. The van der Waals surface area contributed by atoms with Crippen molar-refractivity contribution < 1.29 is 0 Å². The van der Waals surface area contributed by atoms with Crippen molar-refractivity contribution in [2.75, 3.05) is 11.9 Å². The molecule has 114 valence electrons. The van der Waals surface area contributed by atoms with Crippen LogP contribution in [0.25, 0.3) is 22.4 Å². The SMILES string of the molecule is c1ccc(-c2nc(NCCc3cnc[nH]3)c3cc[nH]c3n2)cc1. The monoisotopic (exact) mass is 304 g/mol. The molecule has 0 saturated carbocycles. The third-order valence-corrected chi connectivity index (χ3v) is 3.69. The number of H-pyrrole nitrogens is 2. The highest BCUT2D eigenvalue weighted by atomic mass is 15.1. The summed E-state index contributed by atoms with van der Waals surface area (Å²) in [6.45, 7) is 0.772. The average molecular weight is 304 g/mol. The minimum absolute atomic E-state index is 0.713. The number of aromatic nitrogens is 5. The maximum atomic E-state index is 4.69. The van der Waals surface area contributed by atoms with Crippen LogP contribution < -0.4 is 5.32 Å². The summed E-state index contributed by atoms with van der Waals surface area (Å²) in [4.78, 5) is 19.6. The Morgan fingerprint density at radius 1 is 1.00 bits per heavy atom. The summed E-state index contributed by atoms with van der Waals surface area (Å²) in [6, 6.07) is 12.0. The molecule has 0 aliphatic heterocycles. The molecule has 4 rings (SSSR count). The number of fused-ring (bicyclic) bond motifs is 1.